The Morgan fingerprint density at radius 1 is 0.971 bits per heavy atom. The van der Waals surface area contributed by atoms with Gasteiger partial charge < -0.3 is 4.74 Å². The third-order valence-electron chi connectivity index (χ3n) is 7.38. The van der Waals surface area contributed by atoms with Crippen molar-refractivity contribution in [3.63, 3.8) is 0 Å². The van der Waals surface area contributed by atoms with Gasteiger partial charge in [-0.05, 0) is 98.9 Å². The highest BCUT2D eigenvalue weighted by molar-refractivity contribution is 5.46. The van der Waals surface area contributed by atoms with Crippen molar-refractivity contribution in [2.45, 2.75) is 51.4 Å². The molecule has 2 aliphatic rings. The fraction of sp³-hybridized carbons (Fsp3) is 0.400. The van der Waals surface area contributed by atoms with Gasteiger partial charge in [-0.25, -0.2) is 13.2 Å². The van der Waals surface area contributed by atoms with Crippen molar-refractivity contribution in [2.24, 2.45) is 17.8 Å². The van der Waals surface area contributed by atoms with E-state index >= 15 is 4.39 Å². The van der Waals surface area contributed by atoms with Crippen molar-refractivity contribution < 1.29 is 17.9 Å². The highest BCUT2D eigenvalue weighted by Crippen LogP contribution is 2.48. The highest BCUT2D eigenvalue weighted by atomic mass is 19.2. The summed E-state index contributed by atoms with van der Waals surface area (Å²) < 4.78 is 49.4. The predicted octanol–water partition coefficient (Wildman–Crippen LogP) is 7.94. The van der Waals surface area contributed by atoms with E-state index in [1.54, 1.807) is 24.3 Å². The monoisotopic (exact) mass is 464 g/mol. The van der Waals surface area contributed by atoms with Crippen molar-refractivity contribution in [2.75, 3.05) is 6.61 Å². The number of fused-ring (bicyclic) bond motifs is 1. The van der Waals surface area contributed by atoms with Crippen molar-refractivity contribution in [1.82, 2.24) is 0 Å². The molecule has 0 spiro atoms. The van der Waals surface area contributed by atoms with Gasteiger partial charge in [0, 0.05) is 5.56 Å². The van der Waals surface area contributed by atoms with Crippen LogP contribution in [0.3, 0.4) is 0 Å². The predicted molar refractivity (Wildman–Crippen MR) is 130 cm³/mol. The molecule has 4 rings (SSSR count). The average Bonchev–Trinajstić information content (AvgIpc) is 2.85. The van der Waals surface area contributed by atoms with Crippen LogP contribution in [0.5, 0.6) is 5.75 Å². The van der Waals surface area contributed by atoms with Gasteiger partial charge in [0.05, 0.1) is 5.56 Å². The number of benzene rings is 2. The Morgan fingerprint density at radius 3 is 2.53 bits per heavy atom. The van der Waals surface area contributed by atoms with E-state index in [4.69, 9.17) is 4.74 Å². The van der Waals surface area contributed by atoms with Crippen molar-refractivity contribution in [3.8, 4) is 17.6 Å². The number of allylic oxidation sites excluding steroid dienone is 2. The molecule has 0 radical (unpaired) electrons. The maximum atomic E-state index is 15.0. The lowest BCUT2D eigenvalue weighted by Gasteiger charge is -2.41. The Balaban J connectivity index is 1.46. The standard InChI is InChI=1S/C30H31F3O/c1-3-5-16-34-28-15-8-21(18-27(28)31)7-9-22-13-14-26(30(33)29(22)32)25-12-11-23-17-20(4-2)6-10-24(23)19-25/h3-5,8,13-15,18,20,23-25H,2,6,10-12,16-17,19H2,1H3/b5-3+. The smallest absolute Gasteiger partial charge is 0.174 e. The van der Waals surface area contributed by atoms with Gasteiger partial charge in [0.25, 0.3) is 0 Å². The molecule has 4 unspecified atom stereocenters. The summed E-state index contributed by atoms with van der Waals surface area (Å²) in [7, 11) is 0. The van der Waals surface area contributed by atoms with Gasteiger partial charge in [-0.3, -0.25) is 0 Å². The maximum Gasteiger partial charge on any atom is 0.174 e. The molecule has 34 heavy (non-hydrogen) atoms. The zero-order valence-electron chi connectivity index (χ0n) is 19.6. The minimum atomic E-state index is -0.922. The largest absolute Gasteiger partial charge is 0.486 e. The number of rotatable bonds is 5. The van der Waals surface area contributed by atoms with Gasteiger partial charge >= 0.3 is 0 Å². The number of halogens is 3. The molecule has 0 aliphatic heterocycles. The molecule has 0 N–H and O–H groups in total. The molecule has 2 saturated carbocycles. The summed E-state index contributed by atoms with van der Waals surface area (Å²) in [6, 6.07) is 7.55. The number of ether oxygens (including phenoxy) is 1. The van der Waals surface area contributed by atoms with Crippen LogP contribution in [0.25, 0.3) is 0 Å². The molecule has 1 nitrogen and oxygen atoms in total. The van der Waals surface area contributed by atoms with Crippen LogP contribution >= 0.6 is 0 Å². The molecule has 0 amide bonds. The summed E-state index contributed by atoms with van der Waals surface area (Å²) in [6.45, 7) is 6.07. The lowest BCUT2D eigenvalue weighted by molar-refractivity contribution is 0.132. The molecule has 2 aromatic rings. The van der Waals surface area contributed by atoms with E-state index in [0.29, 0.717) is 28.9 Å². The molecule has 4 heteroatoms. The number of hydrogen-bond acceptors (Lipinski definition) is 1. The van der Waals surface area contributed by atoms with Crippen LogP contribution < -0.4 is 4.74 Å². The molecule has 2 fully saturated rings. The average molecular weight is 465 g/mol. The van der Waals surface area contributed by atoms with Crippen molar-refractivity contribution >= 4 is 0 Å². The lowest BCUT2D eigenvalue weighted by atomic mass is 9.64. The lowest BCUT2D eigenvalue weighted by Crippen LogP contribution is -2.30. The summed E-state index contributed by atoms with van der Waals surface area (Å²) in [5, 5.41) is 0. The normalized spacial score (nSPS) is 24.2. The summed E-state index contributed by atoms with van der Waals surface area (Å²) in [4.78, 5) is 0. The Morgan fingerprint density at radius 2 is 1.76 bits per heavy atom. The molecule has 0 bridgehead atoms. The summed E-state index contributed by atoms with van der Waals surface area (Å²) >= 11 is 0. The molecule has 4 atom stereocenters. The first-order valence-corrected chi connectivity index (χ1v) is 12.2. The van der Waals surface area contributed by atoms with Crippen LogP contribution in [0.2, 0.25) is 0 Å². The van der Waals surface area contributed by atoms with Crippen molar-refractivity contribution in [1.29, 1.82) is 0 Å². The topological polar surface area (TPSA) is 9.23 Å². The Hall–Kier alpha value is -2.93. The SMILES string of the molecule is C=CC1CCC2CC(c3ccc(C#Cc4ccc(OC/C=C/C)c(F)c4)c(F)c3F)CCC2C1. The summed E-state index contributed by atoms with van der Waals surface area (Å²) in [6.07, 6.45) is 12.0. The van der Waals surface area contributed by atoms with E-state index < -0.39 is 17.5 Å². The Bertz CT molecular complexity index is 1120. The third-order valence-corrected chi connectivity index (χ3v) is 7.38. The van der Waals surface area contributed by atoms with E-state index in [9.17, 15) is 8.78 Å². The minimum absolute atomic E-state index is 0.0183. The highest BCUT2D eigenvalue weighted by Gasteiger charge is 2.36. The van der Waals surface area contributed by atoms with E-state index in [-0.39, 0.29) is 23.8 Å². The minimum Gasteiger partial charge on any atom is -0.486 e. The third kappa shape index (κ3) is 5.41. The maximum absolute atomic E-state index is 15.0. The molecule has 0 heterocycles. The van der Waals surface area contributed by atoms with Gasteiger partial charge in [-0.1, -0.05) is 36.1 Å². The van der Waals surface area contributed by atoms with Crippen LogP contribution in [0, 0.1) is 47.0 Å². The quantitative estimate of drug-likeness (QED) is 0.322. The van der Waals surface area contributed by atoms with Gasteiger partial charge in [0.2, 0.25) is 0 Å². The first kappa shape index (κ1) is 24.2. The van der Waals surface area contributed by atoms with Crippen LogP contribution in [-0.2, 0) is 0 Å². The van der Waals surface area contributed by atoms with E-state index in [1.165, 1.54) is 18.6 Å². The molecular formula is C30H31F3O. The fourth-order valence-electron chi connectivity index (χ4n) is 5.47. The zero-order chi connectivity index (χ0) is 24.1. The Kier molecular flexibility index (Phi) is 7.83. The van der Waals surface area contributed by atoms with Gasteiger partial charge in [-0.15, -0.1) is 6.58 Å². The van der Waals surface area contributed by atoms with Gasteiger partial charge in [0.1, 0.15) is 6.61 Å². The summed E-state index contributed by atoms with van der Waals surface area (Å²) in [5.41, 5.74) is 0.810. The second kappa shape index (κ2) is 11.0. The second-order valence-corrected chi connectivity index (χ2v) is 9.44. The first-order chi connectivity index (χ1) is 16.5. The molecule has 0 saturated heterocycles. The molecule has 0 aromatic heterocycles. The Labute approximate surface area is 200 Å². The summed E-state index contributed by atoms with van der Waals surface area (Å²) in [5.74, 6) is 5.15. The van der Waals surface area contributed by atoms with Gasteiger partial charge in [-0.2, -0.15) is 0 Å². The van der Waals surface area contributed by atoms with Crippen LogP contribution in [0.4, 0.5) is 13.2 Å². The number of hydrogen-bond donors (Lipinski definition) is 0. The van der Waals surface area contributed by atoms with Crippen LogP contribution in [0.15, 0.2) is 55.1 Å². The molecule has 2 aromatic carbocycles. The second-order valence-electron chi connectivity index (χ2n) is 9.44. The molecule has 178 valence electrons. The van der Waals surface area contributed by atoms with E-state index in [0.717, 1.165) is 32.1 Å². The van der Waals surface area contributed by atoms with Crippen LogP contribution in [0.1, 0.15) is 68.1 Å². The van der Waals surface area contributed by atoms with Gasteiger partial charge in [0.15, 0.2) is 23.2 Å². The fourth-order valence-corrected chi connectivity index (χ4v) is 5.47. The van der Waals surface area contributed by atoms with Crippen LogP contribution in [-0.4, -0.2) is 6.61 Å². The van der Waals surface area contributed by atoms with E-state index in [2.05, 4.69) is 24.5 Å². The van der Waals surface area contributed by atoms with E-state index in [1.807, 2.05) is 13.0 Å². The first-order valence-electron chi connectivity index (χ1n) is 12.2. The molecular weight excluding hydrogens is 433 g/mol. The zero-order valence-corrected chi connectivity index (χ0v) is 19.6. The molecule has 2 aliphatic carbocycles. The van der Waals surface area contributed by atoms with Crippen molar-refractivity contribution in [3.05, 3.63) is 89.3 Å².